The van der Waals surface area contributed by atoms with Crippen molar-refractivity contribution in [2.24, 2.45) is 0 Å². The van der Waals surface area contributed by atoms with Crippen LogP contribution in [-0.4, -0.2) is 34.4 Å². The van der Waals surface area contributed by atoms with Gasteiger partial charge in [-0.3, -0.25) is 15.0 Å². The average Bonchev–Trinajstić information content (AvgIpc) is 3.33. The molecule has 3 rings (SSSR count). The molecule has 1 saturated heterocycles. The number of thioether (sulfide) groups is 1. The highest BCUT2D eigenvalue weighted by Crippen LogP contribution is 2.34. The summed E-state index contributed by atoms with van der Waals surface area (Å²) in [6.07, 6.45) is 3.36. The zero-order valence-electron chi connectivity index (χ0n) is 15.5. The number of carbonyl (C=O) groups is 2. The number of thiophene rings is 1. The standard InChI is InChI=1S/C20H18N2O4S3/c1-3-9-26-14-8-7-13(11-15(14)25-4-2)12-17-19(24)22(20(27)29-17)21-18(23)16-6-5-10-28-16/h3,5-8,10-12H,1,4,9H2,2H3,(H,21,23)/b17-12+. The number of carbonyl (C=O) groups excluding carboxylic acids is 2. The molecule has 150 valence electrons. The summed E-state index contributed by atoms with van der Waals surface area (Å²) in [5.41, 5.74) is 3.31. The van der Waals surface area contributed by atoms with E-state index in [0.717, 1.165) is 22.3 Å². The average molecular weight is 447 g/mol. The van der Waals surface area contributed by atoms with Gasteiger partial charge in [-0.1, -0.05) is 36.5 Å². The lowest BCUT2D eigenvalue weighted by molar-refractivity contribution is -0.123. The molecule has 0 saturated carbocycles. The molecule has 0 atom stereocenters. The first-order valence-electron chi connectivity index (χ1n) is 8.66. The van der Waals surface area contributed by atoms with E-state index in [1.165, 1.54) is 11.3 Å². The summed E-state index contributed by atoms with van der Waals surface area (Å²) in [7, 11) is 0. The zero-order valence-corrected chi connectivity index (χ0v) is 18.0. The SMILES string of the molecule is C=CCOc1ccc(/C=C2/SC(=S)N(NC(=O)c3cccs3)C2=O)cc1OCC. The number of thiocarbonyl (C=S) groups is 1. The van der Waals surface area contributed by atoms with Crippen molar-refractivity contribution in [3.8, 4) is 11.5 Å². The van der Waals surface area contributed by atoms with E-state index in [2.05, 4.69) is 12.0 Å². The second-order valence-corrected chi connectivity index (χ2v) is 8.30. The third kappa shape index (κ3) is 5.06. The fourth-order valence-electron chi connectivity index (χ4n) is 2.43. The first-order valence-corrected chi connectivity index (χ1v) is 10.8. The van der Waals surface area contributed by atoms with E-state index in [1.54, 1.807) is 41.8 Å². The van der Waals surface area contributed by atoms with Crippen LogP contribution < -0.4 is 14.9 Å². The maximum absolute atomic E-state index is 12.7. The lowest BCUT2D eigenvalue weighted by atomic mass is 10.2. The van der Waals surface area contributed by atoms with Crippen molar-refractivity contribution in [2.75, 3.05) is 13.2 Å². The van der Waals surface area contributed by atoms with Crippen molar-refractivity contribution in [2.45, 2.75) is 6.92 Å². The summed E-state index contributed by atoms with van der Waals surface area (Å²) in [6, 6.07) is 8.83. The highest BCUT2D eigenvalue weighted by molar-refractivity contribution is 8.26. The molecule has 0 spiro atoms. The lowest BCUT2D eigenvalue weighted by Crippen LogP contribution is -2.44. The molecule has 1 aromatic carbocycles. The largest absolute Gasteiger partial charge is 0.490 e. The van der Waals surface area contributed by atoms with Gasteiger partial charge in [0.05, 0.1) is 16.4 Å². The van der Waals surface area contributed by atoms with Crippen LogP contribution in [0.5, 0.6) is 11.5 Å². The third-order valence-corrected chi connectivity index (χ3v) is 5.84. The van der Waals surface area contributed by atoms with Crippen molar-refractivity contribution in [3.63, 3.8) is 0 Å². The number of rotatable bonds is 8. The Morgan fingerprint density at radius 1 is 1.31 bits per heavy atom. The Morgan fingerprint density at radius 3 is 2.83 bits per heavy atom. The minimum atomic E-state index is -0.380. The van der Waals surface area contributed by atoms with Crippen LogP contribution in [-0.2, 0) is 4.79 Å². The van der Waals surface area contributed by atoms with Crippen molar-refractivity contribution in [1.82, 2.24) is 10.4 Å². The lowest BCUT2D eigenvalue weighted by Gasteiger charge is -2.14. The van der Waals surface area contributed by atoms with Crippen molar-refractivity contribution >= 4 is 57.5 Å². The molecule has 1 aliphatic rings. The second kappa shape index (κ2) is 9.73. The molecule has 0 radical (unpaired) electrons. The van der Waals surface area contributed by atoms with Gasteiger partial charge in [0.15, 0.2) is 15.8 Å². The molecule has 0 bridgehead atoms. The van der Waals surface area contributed by atoms with E-state index in [9.17, 15) is 9.59 Å². The molecular formula is C20H18N2O4S3. The number of hydrogen-bond acceptors (Lipinski definition) is 7. The molecule has 29 heavy (non-hydrogen) atoms. The molecule has 1 fully saturated rings. The van der Waals surface area contributed by atoms with Crippen LogP contribution in [0.1, 0.15) is 22.2 Å². The summed E-state index contributed by atoms with van der Waals surface area (Å²) in [6.45, 7) is 6.36. The molecule has 1 aliphatic heterocycles. The van der Waals surface area contributed by atoms with Gasteiger partial charge >= 0.3 is 0 Å². The highest BCUT2D eigenvalue weighted by atomic mass is 32.2. The maximum Gasteiger partial charge on any atom is 0.285 e. The quantitative estimate of drug-likeness (QED) is 0.371. The normalized spacial score (nSPS) is 14.9. The number of nitrogens with one attached hydrogen (secondary N) is 1. The number of nitrogens with zero attached hydrogens (tertiary/aromatic N) is 1. The highest BCUT2D eigenvalue weighted by Gasteiger charge is 2.34. The number of ether oxygens (including phenoxy) is 2. The summed E-state index contributed by atoms with van der Waals surface area (Å²) >= 11 is 7.67. The molecule has 6 nitrogen and oxygen atoms in total. The van der Waals surface area contributed by atoms with Crippen molar-refractivity contribution in [1.29, 1.82) is 0 Å². The second-order valence-electron chi connectivity index (χ2n) is 5.67. The Bertz CT molecular complexity index is 970. The monoisotopic (exact) mass is 446 g/mol. The molecule has 1 aromatic heterocycles. The summed E-state index contributed by atoms with van der Waals surface area (Å²) in [5, 5.41) is 2.89. The molecule has 2 heterocycles. The van der Waals surface area contributed by atoms with Crippen molar-refractivity contribution < 1.29 is 19.1 Å². The maximum atomic E-state index is 12.7. The van der Waals surface area contributed by atoms with Gasteiger partial charge in [0.25, 0.3) is 11.8 Å². The molecule has 0 aliphatic carbocycles. The smallest absolute Gasteiger partial charge is 0.285 e. The van der Waals surface area contributed by atoms with Crippen LogP contribution in [0.25, 0.3) is 6.08 Å². The Balaban J connectivity index is 1.78. The first-order chi connectivity index (χ1) is 14.0. The zero-order chi connectivity index (χ0) is 20.8. The van der Waals surface area contributed by atoms with Crippen LogP contribution in [0.2, 0.25) is 0 Å². The number of benzene rings is 1. The van der Waals surface area contributed by atoms with Crippen LogP contribution in [0.15, 0.2) is 53.3 Å². The van der Waals surface area contributed by atoms with Gasteiger partial charge in [0, 0.05) is 0 Å². The van der Waals surface area contributed by atoms with Gasteiger partial charge in [-0.05, 0) is 54.4 Å². The fraction of sp³-hybridized carbons (Fsp3) is 0.150. The topological polar surface area (TPSA) is 67.9 Å². The minimum Gasteiger partial charge on any atom is -0.490 e. The van der Waals surface area contributed by atoms with Crippen LogP contribution >= 0.6 is 35.3 Å². The molecule has 1 N–H and O–H groups in total. The number of hydrazine groups is 1. The van der Waals surface area contributed by atoms with E-state index in [-0.39, 0.29) is 16.1 Å². The van der Waals surface area contributed by atoms with E-state index >= 15 is 0 Å². The van der Waals surface area contributed by atoms with Gasteiger partial charge in [0.1, 0.15) is 6.61 Å². The number of amides is 2. The third-order valence-electron chi connectivity index (χ3n) is 3.67. The summed E-state index contributed by atoms with van der Waals surface area (Å²) in [4.78, 5) is 25.9. The summed E-state index contributed by atoms with van der Waals surface area (Å²) < 4.78 is 11.5. The molecule has 2 amide bonds. The van der Waals surface area contributed by atoms with Gasteiger partial charge < -0.3 is 9.47 Å². The number of hydrogen-bond donors (Lipinski definition) is 1. The van der Waals surface area contributed by atoms with Gasteiger partial charge in [0.2, 0.25) is 0 Å². The van der Waals surface area contributed by atoms with Crippen molar-refractivity contribution in [3.05, 3.63) is 63.7 Å². The Morgan fingerprint density at radius 2 is 2.14 bits per heavy atom. The summed E-state index contributed by atoms with van der Waals surface area (Å²) in [5.74, 6) is 0.416. The van der Waals surface area contributed by atoms with Gasteiger partial charge in [-0.25, -0.2) is 0 Å². The van der Waals surface area contributed by atoms with Gasteiger partial charge in [-0.15, -0.1) is 11.3 Å². The molecule has 0 unspecified atom stereocenters. The van der Waals surface area contributed by atoms with Crippen LogP contribution in [0.3, 0.4) is 0 Å². The van der Waals surface area contributed by atoms with Gasteiger partial charge in [-0.2, -0.15) is 5.01 Å². The Labute approximate surface area is 182 Å². The molecular weight excluding hydrogens is 428 g/mol. The van der Waals surface area contributed by atoms with Crippen LogP contribution in [0, 0.1) is 0 Å². The van der Waals surface area contributed by atoms with E-state index < -0.39 is 0 Å². The van der Waals surface area contributed by atoms with Crippen LogP contribution in [0.4, 0.5) is 0 Å². The molecule has 9 heteroatoms. The van der Waals surface area contributed by atoms with E-state index in [4.69, 9.17) is 21.7 Å². The van der Waals surface area contributed by atoms with E-state index in [1.807, 2.05) is 13.0 Å². The minimum absolute atomic E-state index is 0.266. The first kappa shape index (κ1) is 21.1. The fourth-order valence-corrected chi connectivity index (χ4v) is 4.22. The molecule has 2 aromatic rings. The predicted octanol–water partition coefficient (Wildman–Crippen LogP) is 4.26. The predicted molar refractivity (Wildman–Crippen MR) is 120 cm³/mol. The Kier molecular flexibility index (Phi) is 7.08. The van der Waals surface area contributed by atoms with E-state index in [0.29, 0.717) is 34.5 Å². The Hall–Kier alpha value is -2.62.